The Bertz CT molecular complexity index is 793. The lowest BCUT2D eigenvalue weighted by molar-refractivity contribution is -0.112. The summed E-state index contributed by atoms with van der Waals surface area (Å²) in [6, 6.07) is 29.8. The van der Waals surface area contributed by atoms with E-state index in [-0.39, 0.29) is 13.2 Å². The molecule has 0 aliphatic rings. The van der Waals surface area contributed by atoms with Crippen LogP contribution in [0, 0.1) is 0 Å². The minimum absolute atomic E-state index is 0.184. The Balaban J connectivity index is 1.50. The normalized spacial score (nSPS) is 13.1. The lowest BCUT2D eigenvalue weighted by Crippen LogP contribution is -2.36. The molecule has 0 saturated heterocycles. The van der Waals surface area contributed by atoms with Crippen LogP contribution in [0.3, 0.4) is 0 Å². The van der Waals surface area contributed by atoms with Crippen molar-refractivity contribution in [2.24, 2.45) is 0 Å². The first kappa shape index (κ1) is 21.2. The largest absolute Gasteiger partial charge is 0.388 e. The summed E-state index contributed by atoms with van der Waals surface area (Å²) in [6.45, 7) is 1.81. The maximum Gasteiger partial charge on any atom is 0.109 e. The third kappa shape index (κ3) is 7.80. The fourth-order valence-electron chi connectivity index (χ4n) is 2.89. The van der Waals surface area contributed by atoms with Crippen LogP contribution in [0.2, 0.25) is 0 Å². The molecule has 2 atom stereocenters. The minimum atomic E-state index is -0.779. The van der Waals surface area contributed by atoms with Gasteiger partial charge in [-0.15, -0.1) is 0 Å². The summed E-state index contributed by atoms with van der Waals surface area (Å²) in [7, 11) is 0. The minimum Gasteiger partial charge on any atom is -0.388 e. The van der Waals surface area contributed by atoms with Crippen molar-refractivity contribution < 1.29 is 19.3 Å². The third-order valence-electron chi connectivity index (χ3n) is 4.53. The van der Waals surface area contributed by atoms with Gasteiger partial charge < -0.3 is 19.3 Å². The number of hydrogen-bond donors (Lipinski definition) is 1. The van der Waals surface area contributed by atoms with E-state index in [0.29, 0.717) is 19.8 Å². The lowest BCUT2D eigenvalue weighted by Gasteiger charge is -2.23. The van der Waals surface area contributed by atoms with E-state index >= 15 is 0 Å². The average molecular weight is 392 g/mol. The van der Waals surface area contributed by atoms with Gasteiger partial charge in [-0.05, 0) is 16.7 Å². The van der Waals surface area contributed by atoms with Crippen LogP contribution in [0.25, 0.3) is 0 Å². The number of aliphatic hydroxyl groups excluding tert-OH is 1. The van der Waals surface area contributed by atoms with Crippen molar-refractivity contribution in [3.05, 3.63) is 108 Å². The van der Waals surface area contributed by atoms with Crippen molar-refractivity contribution in [1.82, 2.24) is 0 Å². The quantitative estimate of drug-likeness (QED) is 0.497. The summed E-state index contributed by atoms with van der Waals surface area (Å²) in [5.41, 5.74) is 3.21. The molecule has 3 aromatic rings. The molecule has 0 heterocycles. The highest BCUT2D eigenvalue weighted by molar-refractivity contribution is 5.15. The molecule has 0 spiro atoms. The number of rotatable bonds is 12. The second-order valence-corrected chi connectivity index (χ2v) is 6.90. The monoisotopic (exact) mass is 392 g/mol. The first-order chi connectivity index (χ1) is 14.3. The Labute approximate surface area is 172 Å². The van der Waals surface area contributed by atoms with Crippen molar-refractivity contribution in [3.8, 4) is 0 Å². The Morgan fingerprint density at radius 3 is 1.45 bits per heavy atom. The SMILES string of the molecule is OC(COCc1ccccc1)C(COCc1ccccc1)OCc1ccccc1. The van der Waals surface area contributed by atoms with Gasteiger partial charge in [-0.2, -0.15) is 0 Å². The van der Waals surface area contributed by atoms with Crippen LogP contribution in [0.5, 0.6) is 0 Å². The fraction of sp³-hybridized carbons (Fsp3) is 0.280. The Morgan fingerprint density at radius 2 is 0.966 bits per heavy atom. The molecular formula is C25H28O4. The first-order valence-electron chi connectivity index (χ1n) is 9.88. The van der Waals surface area contributed by atoms with Crippen molar-refractivity contribution in [1.29, 1.82) is 0 Å². The van der Waals surface area contributed by atoms with Crippen LogP contribution in [0.15, 0.2) is 91.0 Å². The van der Waals surface area contributed by atoms with E-state index in [0.717, 1.165) is 16.7 Å². The zero-order valence-electron chi connectivity index (χ0n) is 16.5. The van der Waals surface area contributed by atoms with Crippen LogP contribution in [-0.4, -0.2) is 30.5 Å². The molecule has 3 aromatic carbocycles. The molecule has 0 bridgehead atoms. The molecule has 2 unspecified atom stereocenters. The molecule has 152 valence electrons. The molecule has 0 radical (unpaired) electrons. The zero-order valence-corrected chi connectivity index (χ0v) is 16.5. The van der Waals surface area contributed by atoms with Gasteiger partial charge in [0, 0.05) is 0 Å². The van der Waals surface area contributed by atoms with Gasteiger partial charge >= 0.3 is 0 Å². The van der Waals surface area contributed by atoms with Gasteiger partial charge in [0.25, 0.3) is 0 Å². The van der Waals surface area contributed by atoms with E-state index in [1.165, 1.54) is 0 Å². The second kappa shape index (κ2) is 12.1. The molecule has 29 heavy (non-hydrogen) atoms. The molecule has 0 saturated carbocycles. The van der Waals surface area contributed by atoms with Gasteiger partial charge in [-0.1, -0.05) is 91.0 Å². The van der Waals surface area contributed by atoms with Crippen molar-refractivity contribution >= 4 is 0 Å². The maximum absolute atomic E-state index is 10.6. The van der Waals surface area contributed by atoms with Crippen molar-refractivity contribution in [3.63, 3.8) is 0 Å². The molecule has 0 aliphatic heterocycles. The molecule has 0 aliphatic carbocycles. The number of benzene rings is 3. The highest BCUT2D eigenvalue weighted by Crippen LogP contribution is 2.10. The smallest absolute Gasteiger partial charge is 0.109 e. The first-order valence-corrected chi connectivity index (χ1v) is 9.88. The highest BCUT2D eigenvalue weighted by Gasteiger charge is 2.21. The van der Waals surface area contributed by atoms with E-state index in [9.17, 15) is 5.11 Å². The molecular weight excluding hydrogens is 364 g/mol. The highest BCUT2D eigenvalue weighted by atomic mass is 16.5. The number of hydrogen-bond acceptors (Lipinski definition) is 4. The van der Waals surface area contributed by atoms with Gasteiger partial charge in [0.05, 0.1) is 33.0 Å². The van der Waals surface area contributed by atoms with Crippen LogP contribution >= 0.6 is 0 Å². The summed E-state index contributed by atoms with van der Waals surface area (Å²) in [6.07, 6.45) is -1.26. The molecule has 4 nitrogen and oxygen atoms in total. The van der Waals surface area contributed by atoms with Crippen molar-refractivity contribution in [2.75, 3.05) is 13.2 Å². The van der Waals surface area contributed by atoms with Gasteiger partial charge in [0.2, 0.25) is 0 Å². The summed E-state index contributed by atoms with van der Waals surface area (Å²) in [4.78, 5) is 0. The van der Waals surface area contributed by atoms with E-state index in [2.05, 4.69) is 0 Å². The van der Waals surface area contributed by atoms with Gasteiger partial charge in [-0.25, -0.2) is 0 Å². The van der Waals surface area contributed by atoms with Gasteiger partial charge in [-0.3, -0.25) is 0 Å². The van der Waals surface area contributed by atoms with Crippen LogP contribution in [0.4, 0.5) is 0 Å². The van der Waals surface area contributed by atoms with E-state index in [1.807, 2.05) is 91.0 Å². The van der Waals surface area contributed by atoms with Crippen LogP contribution in [0.1, 0.15) is 16.7 Å². The Hall–Kier alpha value is -2.50. The van der Waals surface area contributed by atoms with Gasteiger partial charge in [0.15, 0.2) is 0 Å². The zero-order chi connectivity index (χ0) is 20.2. The molecule has 3 rings (SSSR count). The Morgan fingerprint density at radius 1 is 0.552 bits per heavy atom. The summed E-state index contributed by atoms with van der Waals surface area (Å²) in [5.74, 6) is 0. The molecule has 0 aromatic heterocycles. The summed E-state index contributed by atoms with van der Waals surface area (Å²) >= 11 is 0. The maximum atomic E-state index is 10.6. The fourth-order valence-corrected chi connectivity index (χ4v) is 2.89. The van der Waals surface area contributed by atoms with Crippen LogP contribution in [-0.2, 0) is 34.0 Å². The average Bonchev–Trinajstić information content (AvgIpc) is 2.78. The van der Waals surface area contributed by atoms with Gasteiger partial charge in [0.1, 0.15) is 12.2 Å². The van der Waals surface area contributed by atoms with Crippen molar-refractivity contribution in [2.45, 2.75) is 32.0 Å². The molecule has 0 fully saturated rings. The topological polar surface area (TPSA) is 47.9 Å². The summed E-state index contributed by atoms with van der Waals surface area (Å²) in [5, 5.41) is 10.6. The molecule has 0 amide bonds. The van der Waals surface area contributed by atoms with E-state index in [4.69, 9.17) is 14.2 Å². The van der Waals surface area contributed by atoms with Crippen LogP contribution < -0.4 is 0 Å². The predicted octanol–water partition coefficient (Wildman–Crippen LogP) is 4.37. The lowest BCUT2D eigenvalue weighted by atomic mass is 10.2. The molecule has 4 heteroatoms. The number of ether oxygens (including phenoxy) is 3. The molecule has 1 N–H and O–H groups in total. The standard InChI is InChI=1S/C25H28O4/c26-24(19-27-16-21-10-4-1-5-11-21)25(29-18-23-14-8-3-9-15-23)20-28-17-22-12-6-2-7-13-22/h1-15,24-26H,16-20H2. The Kier molecular flexibility index (Phi) is 8.88. The second-order valence-electron chi connectivity index (χ2n) is 6.90. The van der Waals surface area contributed by atoms with E-state index < -0.39 is 12.2 Å². The number of aliphatic hydroxyl groups is 1. The predicted molar refractivity (Wildman–Crippen MR) is 113 cm³/mol. The van der Waals surface area contributed by atoms with E-state index in [1.54, 1.807) is 0 Å². The summed E-state index contributed by atoms with van der Waals surface area (Å²) < 4.78 is 17.5. The third-order valence-corrected chi connectivity index (χ3v) is 4.53.